The molecule has 1 aliphatic rings. The van der Waals surface area contributed by atoms with Gasteiger partial charge in [0.2, 0.25) is 5.91 Å². The minimum atomic E-state index is -0.349. The van der Waals surface area contributed by atoms with Crippen LogP contribution in [-0.2, 0) is 4.79 Å². The van der Waals surface area contributed by atoms with Crippen LogP contribution in [0.1, 0.15) is 51.8 Å². The summed E-state index contributed by atoms with van der Waals surface area (Å²) in [4.78, 5) is 14.4. The minimum absolute atomic E-state index is 0.0921. The van der Waals surface area contributed by atoms with Crippen LogP contribution in [0.5, 0.6) is 0 Å². The molecule has 3 nitrogen and oxygen atoms in total. The quantitative estimate of drug-likeness (QED) is 0.897. The highest BCUT2D eigenvalue weighted by Crippen LogP contribution is 2.31. The molecule has 1 heterocycles. The third-order valence-electron chi connectivity index (χ3n) is 4.13. The molecule has 1 aromatic rings. The normalized spacial score (nSPS) is 22.9. The fourth-order valence-electron chi connectivity index (χ4n) is 2.95. The van der Waals surface area contributed by atoms with Gasteiger partial charge in [-0.2, -0.15) is 0 Å². The number of nitrogens with one attached hydrogen (secondary N) is 1. The number of hydrogen-bond acceptors (Lipinski definition) is 2. The van der Waals surface area contributed by atoms with Gasteiger partial charge < -0.3 is 4.90 Å². The van der Waals surface area contributed by atoms with Crippen molar-refractivity contribution in [2.45, 2.75) is 58.3 Å². The van der Waals surface area contributed by atoms with Crippen molar-refractivity contribution >= 4 is 5.91 Å². The first-order valence-electron chi connectivity index (χ1n) is 7.46. The van der Waals surface area contributed by atoms with Crippen molar-refractivity contribution in [1.29, 1.82) is 0 Å². The highest BCUT2D eigenvalue weighted by atomic mass is 19.1. The summed E-state index contributed by atoms with van der Waals surface area (Å²) in [6.45, 7) is 6.11. The van der Waals surface area contributed by atoms with Crippen molar-refractivity contribution in [3.63, 3.8) is 0 Å². The van der Waals surface area contributed by atoms with Crippen molar-refractivity contribution in [3.8, 4) is 0 Å². The first-order chi connectivity index (χ1) is 9.63. The molecule has 1 fully saturated rings. The summed E-state index contributed by atoms with van der Waals surface area (Å²) in [5.74, 6) is -0.167. The zero-order valence-corrected chi connectivity index (χ0v) is 12.4. The maximum Gasteiger partial charge on any atom is 0.241 e. The summed E-state index contributed by atoms with van der Waals surface area (Å²) in [6, 6.07) is 6.64. The van der Waals surface area contributed by atoms with Gasteiger partial charge in [-0.25, -0.2) is 4.39 Å². The van der Waals surface area contributed by atoms with Crippen LogP contribution < -0.4 is 5.32 Å². The Bertz CT molecular complexity index is 473. The van der Waals surface area contributed by atoms with Crippen LogP contribution in [0.15, 0.2) is 24.3 Å². The van der Waals surface area contributed by atoms with Gasteiger partial charge in [-0.1, -0.05) is 39.0 Å². The number of benzene rings is 1. The molecule has 2 rings (SSSR count). The van der Waals surface area contributed by atoms with E-state index in [9.17, 15) is 9.18 Å². The summed E-state index contributed by atoms with van der Waals surface area (Å²) in [6.07, 6.45) is 2.13. The highest BCUT2D eigenvalue weighted by Gasteiger charge is 2.42. The second-order valence-electron chi connectivity index (χ2n) is 5.27. The first-order valence-corrected chi connectivity index (χ1v) is 7.46. The summed E-state index contributed by atoms with van der Waals surface area (Å²) in [5.41, 5.74) is 0.559. The fraction of sp³-hybridized carbons (Fsp3) is 0.562. The highest BCUT2D eigenvalue weighted by molar-refractivity contribution is 5.84. The van der Waals surface area contributed by atoms with Gasteiger partial charge in [0.05, 0.1) is 6.04 Å². The smallest absolute Gasteiger partial charge is 0.241 e. The molecule has 1 N–H and O–H groups in total. The standard InChI is InChI=1S/C16H23FN2O/c1-4-11(5-2)19-15(18-14(6-3)16(19)20)12-9-7-8-10-13(12)17/h7-11,14-15,18H,4-6H2,1-3H3. The summed E-state index contributed by atoms with van der Waals surface area (Å²) < 4.78 is 14.1. The number of carbonyl (C=O) groups excluding carboxylic acids is 1. The van der Waals surface area contributed by atoms with Crippen LogP contribution in [0.2, 0.25) is 0 Å². The summed E-state index contributed by atoms with van der Waals surface area (Å²) in [5, 5.41) is 3.28. The monoisotopic (exact) mass is 278 g/mol. The van der Waals surface area contributed by atoms with Gasteiger partial charge >= 0.3 is 0 Å². The largest absolute Gasteiger partial charge is 0.318 e. The lowest BCUT2D eigenvalue weighted by atomic mass is 10.1. The van der Waals surface area contributed by atoms with Crippen LogP contribution in [0.3, 0.4) is 0 Å². The van der Waals surface area contributed by atoms with Crippen molar-refractivity contribution < 1.29 is 9.18 Å². The van der Waals surface area contributed by atoms with Crippen molar-refractivity contribution in [1.82, 2.24) is 10.2 Å². The molecule has 1 aliphatic heterocycles. The van der Waals surface area contributed by atoms with Crippen LogP contribution in [0.25, 0.3) is 0 Å². The Kier molecular flexibility index (Phi) is 4.76. The zero-order chi connectivity index (χ0) is 14.7. The molecule has 2 unspecified atom stereocenters. The molecular formula is C16H23FN2O. The van der Waals surface area contributed by atoms with E-state index in [2.05, 4.69) is 19.2 Å². The van der Waals surface area contributed by atoms with Gasteiger partial charge in [-0.15, -0.1) is 0 Å². The Morgan fingerprint density at radius 2 is 1.90 bits per heavy atom. The molecule has 0 spiro atoms. The van der Waals surface area contributed by atoms with Crippen molar-refractivity contribution in [2.24, 2.45) is 0 Å². The van der Waals surface area contributed by atoms with Crippen LogP contribution >= 0.6 is 0 Å². The predicted octanol–water partition coefficient (Wildman–Crippen LogP) is 3.22. The number of carbonyl (C=O) groups is 1. The van der Waals surface area contributed by atoms with E-state index in [0.717, 1.165) is 19.3 Å². The molecular weight excluding hydrogens is 255 g/mol. The van der Waals surface area contributed by atoms with E-state index in [0.29, 0.717) is 5.56 Å². The second kappa shape index (κ2) is 6.35. The molecule has 0 aromatic heterocycles. The van der Waals surface area contributed by atoms with Gasteiger partial charge in [0.1, 0.15) is 12.0 Å². The number of halogens is 1. The van der Waals surface area contributed by atoms with E-state index in [4.69, 9.17) is 0 Å². The van der Waals surface area contributed by atoms with E-state index in [1.807, 2.05) is 17.9 Å². The maximum atomic E-state index is 14.1. The van der Waals surface area contributed by atoms with Gasteiger partial charge in [-0.3, -0.25) is 10.1 Å². The third kappa shape index (κ3) is 2.57. The molecule has 4 heteroatoms. The number of hydrogen-bond donors (Lipinski definition) is 1. The van der Waals surface area contributed by atoms with E-state index in [1.54, 1.807) is 12.1 Å². The van der Waals surface area contributed by atoms with E-state index in [-0.39, 0.29) is 30.0 Å². The van der Waals surface area contributed by atoms with Gasteiger partial charge in [0, 0.05) is 11.6 Å². The van der Waals surface area contributed by atoms with E-state index in [1.165, 1.54) is 6.07 Å². The van der Waals surface area contributed by atoms with E-state index >= 15 is 0 Å². The Labute approximate surface area is 120 Å². The minimum Gasteiger partial charge on any atom is -0.318 e. The lowest BCUT2D eigenvalue weighted by Gasteiger charge is -2.32. The number of amides is 1. The Hall–Kier alpha value is -1.42. The Morgan fingerprint density at radius 3 is 2.45 bits per heavy atom. The molecule has 0 saturated carbocycles. The topological polar surface area (TPSA) is 32.3 Å². The van der Waals surface area contributed by atoms with Crippen molar-refractivity contribution in [3.05, 3.63) is 35.6 Å². The van der Waals surface area contributed by atoms with Gasteiger partial charge in [0.15, 0.2) is 0 Å². The Morgan fingerprint density at radius 1 is 1.25 bits per heavy atom. The molecule has 1 aromatic carbocycles. The summed E-state index contributed by atoms with van der Waals surface area (Å²) in [7, 11) is 0. The third-order valence-corrected chi connectivity index (χ3v) is 4.13. The van der Waals surface area contributed by atoms with E-state index < -0.39 is 0 Å². The molecule has 20 heavy (non-hydrogen) atoms. The van der Waals surface area contributed by atoms with Crippen LogP contribution in [0.4, 0.5) is 4.39 Å². The Balaban J connectivity index is 2.38. The number of rotatable bonds is 5. The molecule has 0 radical (unpaired) electrons. The van der Waals surface area contributed by atoms with Gasteiger partial charge in [0.25, 0.3) is 0 Å². The summed E-state index contributed by atoms with van der Waals surface area (Å²) >= 11 is 0. The lowest BCUT2D eigenvalue weighted by molar-refractivity contribution is -0.132. The molecule has 2 atom stereocenters. The molecule has 1 saturated heterocycles. The molecule has 1 amide bonds. The molecule has 0 aliphatic carbocycles. The zero-order valence-electron chi connectivity index (χ0n) is 12.4. The van der Waals surface area contributed by atoms with Crippen LogP contribution in [-0.4, -0.2) is 22.9 Å². The average molecular weight is 278 g/mol. The fourth-order valence-corrected chi connectivity index (χ4v) is 2.95. The SMILES string of the molecule is CCC1NC(c2ccccc2F)N(C(CC)CC)C1=O. The predicted molar refractivity (Wildman–Crippen MR) is 77.6 cm³/mol. The van der Waals surface area contributed by atoms with Crippen molar-refractivity contribution in [2.75, 3.05) is 0 Å². The molecule has 0 bridgehead atoms. The average Bonchev–Trinajstić information content (AvgIpc) is 2.78. The lowest BCUT2D eigenvalue weighted by Crippen LogP contribution is -2.39. The molecule has 110 valence electrons. The van der Waals surface area contributed by atoms with Gasteiger partial charge in [-0.05, 0) is 25.3 Å². The first kappa shape index (κ1) is 15.0. The second-order valence-corrected chi connectivity index (χ2v) is 5.27. The number of nitrogens with zero attached hydrogens (tertiary/aromatic N) is 1. The van der Waals surface area contributed by atoms with Crippen LogP contribution in [0, 0.1) is 5.82 Å². The maximum absolute atomic E-state index is 14.1.